The minimum Gasteiger partial charge on any atom is -0.444 e. The van der Waals surface area contributed by atoms with Gasteiger partial charge in [-0.15, -0.1) is 0 Å². The maximum atomic E-state index is 12.2. The highest BCUT2D eigenvalue weighted by Crippen LogP contribution is 2.19. The van der Waals surface area contributed by atoms with E-state index in [1.807, 2.05) is 30.3 Å². The molecule has 1 unspecified atom stereocenters. The van der Waals surface area contributed by atoms with Crippen LogP contribution >= 0.6 is 0 Å². The van der Waals surface area contributed by atoms with E-state index in [9.17, 15) is 9.59 Å². The Morgan fingerprint density at radius 3 is 2.77 bits per heavy atom. The van der Waals surface area contributed by atoms with E-state index in [0.29, 0.717) is 19.3 Å². The molecule has 0 saturated carbocycles. The summed E-state index contributed by atoms with van der Waals surface area (Å²) in [5.41, 5.74) is 0.921. The minimum atomic E-state index is -0.443. The predicted molar refractivity (Wildman–Crippen MR) is 82.0 cm³/mol. The second-order valence-corrected chi connectivity index (χ2v) is 5.31. The van der Waals surface area contributed by atoms with Crippen LogP contribution in [0.15, 0.2) is 42.6 Å². The van der Waals surface area contributed by atoms with Gasteiger partial charge in [-0.2, -0.15) is 0 Å². The molecule has 0 aromatic heterocycles. The van der Waals surface area contributed by atoms with Gasteiger partial charge in [0.25, 0.3) is 0 Å². The summed E-state index contributed by atoms with van der Waals surface area (Å²) in [7, 11) is 0. The van der Waals surface area contributed by atoms with Crippen LogP contribution in [0.5, 0.6) is 0 Å². The highest BCUT2D eigenvalue weighted by atomic mass is 16.6. The van der Waals surface area contributed by atoms with Crippen molar-refractivity contribution in [3.63, 3.8) is 0 Å². The molecule has 1 heterocycles. The van der Waals surface area contributed by atoms with Gasteiger partial charge in [0.05, 0.1) is 0 Å². The van der Waals surface area contributed by atoms with Crippen molar-refractivity contribution in [3.8, 4) is 0 Å². The quantitative estimate of drug-likeness (QED) is 0.820. The van der Waals surface area contributed by atoms with Crippen molar-refractivity contribution in [1.29, 1.82) is 0 Å². The summed E-state index contributed by atoms with van der Waals surface area (Å²) in [6.07, 6.45) is 4.89. The smallest absolute Gasteiger partial charge is 0.414 e. The van der Waals surface area contributed by atoms with Crippen LogP contribution in [0.2, 0.25) is 0 Å². The van der Waals surface area contributed by atoms with E-state index in [2.05, 4.69) is 0 Å². The van der Waals surface area contributed by atoms with Crippen molar-refractivity contribution < 1.29 is 19.4 Å². The lowest BCUT2D eigenvalue weighted by atomic mass is 10.00. The topological polar surface area (TPSA) is 66.8 Å². The second kappa shape index (κ2) is 8.34. The van der Waals surface area contributed by atoms with Gasteiger partial charge in [-0.05, 0) is 30.9 Å². The number of aliphatic hydroxyl groups is 1. The Bertz CT molecular complexity index is 527. The monoisotopic (exact) mass is 303 g/mol. The molecule has 1 N–H and O–H groups in total. The van der Waals surface area contributed by atoms with Gasteiger partial charge in [0.2, 0.25) is 0 Å². The third-order valence-corrected chi connectivity index (χ3v) is 3.61. The number of amides is 1. The molecule has 118 valence electrons. The van der Waals surface area contributed by atoms with Crippen molar-refractivity contribution in [2.24, 2.45) is 0 Å². The first-order chi connectivity index (χ1) is 10.7. The SMILES string of the molecule is O=C1C=CN(C(=O)OCc2ccccc2)C(CCCCO)C1. The molecule has 0 spiro atoms. The Hall–Kier alpha value is -2.14. The van der Waals surface area contributed by atoms with Crippen LogP contribution in [0.25, 0.3) is 0 Å². The standard InChI is InChI=1S/C17H21NO4/c19-11-5-4-8-15-12-16(20)9-10-18(15)17(21)22-13-14-6-2-1-3-7-14/h1-3,6-7,9-10,15,19H,4-5,8,11-13H2. The molecular formula is C17H21NO4. The molecule has 22 heavy (non-hydrogen) atoms. The molecule has 1 atom stereocenters. The number of carbonyl (C=O) groups is 2. The van der Waals surface area contributed by atoms with Gasteiger partial charge in [0.1, 0.15) is 6.61 Å². The summed E-state index contributed by atoms with van der Waals surface area (Å²) in [5, 5.41) is 8.85. The summed E-state index contributed by atoms with van der Waals surface area (Å²) in [5.74, 6) is 0.0149. The molecule has 5 nitrogen and oxygen atoms in total. The fourth-order valence-corrected chi connectivity index (χ4v) is 2.42. The molecule has 5 heteroatoms. The largest absolute Gasteiger partial charge is 0.444 e. The maximum absolute atomic E-state index is 12.2. The number of unbranched alkanes of at least 4 members (excludes halogenated alkanes) is 1. The molecule has 0 fully saturated rings. The number of hydrogen-bond acceptors (Lipinski definition) is 4. The fourth-order valence-electron chi connectivity index (χ4n) is 2.42. The molecule has 1 aromatic rings. The van der Waals surface area contributed by atoms with Crippen molar-refractivity contribution in [1.82, 2.24) is 4.90 Å². The minimum absolute atomic E-state index is 0.0149. The number of nitrogens with zero attached hydrogens (tertiary/aromatic N) is 1. The summed E-state index contributed by atoms with van der Waals surface area (Å²) < 4.78 is 5.31. The lowest BCUT2D eigenvalue weighted by molar-refractivity contribution is -0.116. The van der Waals surface area contributed by atoms with Gasteiger partial charge in [-0.3, -0.25) is 9.69 Å². The zero-order valence-corrected chi connectivity index (χ0v) is 12.5. The highest BCUT2D eigenvalue weighted by molar-refractivity contribution is 5.92. The summed E-state index contributed by atoms with van der Waals surface area (Å²) in [6, 6.07) is 9.28. The van der Waals surface area contributed by atoms with Gasteiger partial charge in [-0.25, -0.2) is 4.79 Å². The van der Waals surface area contributed by atoms with Crippen molar-refractivity contribution in [2.75, 3.05) is 6.61 Å². The van der Waals surface area contributed by atoms with E-state index in [-0.39, 0.29) is 25.0 Å². The summed E-state index contributed by atoms with van der Waals surface area (Å²) in [4.78, 5) is 25.2. The van der Waals surface area contributed by atoms with Crippen LogP contribution in [0.1, 0.15) is 31.2 Å². The van der Waals surface area contributed by atoms with Gasteiger partial charge < -0.3 is 9.84 Å². The van der Waals surface area contributed by atoms with Crippen LogP contribution < -0.4 is 0 Å². The molecule has 0 saturated heterocycles. The summed E-state index contributed by atoms with van der Waals surface area (Å²) in [6.45, 7) is 0.330. The molecule has 0 aliphatic carbocycles. The van der Waals surface area contributed by atoms with Gasteiger partial charge in [-0.1, -0.05) is 30.3 Å². The van der Waals surface area contributed by atoms with Gasteiger partial charge in [0, 0.05) is 25.3 Å². The number of aliphatic hydroxyl groups excluding tert-OH is 1. The van der Waals surface area contributed by atoms with Crippen LogP contribution in [-0.4, -0.2) is 34.5 Å². The molecule has 1 aliphatic heterocycles. The van der Waals surface area contributed by atoms with Crippen LogP contribution in [-0.2, 0) is 16.1 Å². The fraction of sp³-hybridized carbons (Fsp3) is 0.412. The van der Waals surface area contributed by atoms with E-state index >= 15 is 0 Å². The van der Waals surface area contributed by atoms with Crippen LogP contribution in [0.3, 0.4) is 0 Å². The van der Waals surface area contributed by atoms with E-state index in [1.165, 1.54) is 17.2 Å². The third-order valence-electron chi connectivity index (χ3n) is 3.61. The molecule has 1 amide bonds. The molecule has 0 radical (unpaired) electrons. The Labute approximate surface area is 130 Å². The predicted octanol–water partition coefficient (Wildman–Crippen LogP) is 2.64. The molecule has 1 aromatic carbocycles. The average molecular weight is 303 g/mol. The zero-order valence-electron chi connectivity index (χ0n) is 12.5. The normalized spacial score (nSPS) is 17.6. The molecular weight excluding hydrogens is 282 g/mol. The Morgan fingerprint density at radius 2 is 2.05 bits per heavy atom. The second-order valence-electron chi connectivity index (χ2n) is 5.31. The lowest BCUT2D eigenvalue weighted by Crippen LogP contribution is -2.40. The average Bonchev–Trinajstić information content (AvgIpc) is 2.54. The number of benzene rings is 1. The lowest BCUT2D eigenvalue weighted by Gasteiger charge is -2.30. The number of ketones is 1. The van der Waals surface area contributed by atoms with Crippen LogP contribution in [0.4, 0.5) is 4.79 Å². The van der Waals surface area contributed by atoms with Crippen molar-refractivity contribution >= 4 is 11.9 Å². The first kappa shape index (κ1) is 16.2. The molecule has 2 rings (SSSR count). The Balaban J connectivity index is 1.92. The number of ether oxygens (including phenoxy) is 1. The Morgan fingerprint density at radius 1 is 1.27 bits per heavy atom. The molecule has 1 aliphatic rings. The van der Waals surface area contributed by atoms with Gasteiger partial charge >= 0.3 is 6.09 Å². The number of carbonyl (C=O) groups excluding carboxylic acids is 2. The van der Waals surface area contributed by atoms with Crippen molar-refractivity contribution in [2.45, 2.75) is 38.3 Å². The highest BCUT2D eigenvalue weighted by Gasteiger charge is 2.27. The van der Waals surface area contributed by atoms with E-state index < -0.39 is 6.09 Å². The third kappa shape index (κ3) is 4.70. The molecule has 0 bridgehead atoms. The Kier molecular flexibility index (Phi) is 6.15. The van der Waals surface area contributed by atoms with Crippen LogP contribution in [0, 0.1) is 0 Å². The van der Waals surface area contributed by atoms with E-state index in [4.69, 9.17) is 9.84 Å². The first-order valence-electron chi connectivity index (χ1n) is 7.51. The number of rotatable bonds is 6. The van der Waals surface area contributed by atoms with E-state index in [0.717, 1.165) is 12.0 Å². The van der Waals surface area contributed by atoms with Crippen molar-refractivity contribution in [3.05, 3.63) is 48.2 Å². The first-order valence-corrected chi connectivity index (χ1v) is 7.51. The number of hydrogen-bond donors (Lipinski definition) is 1. The maximum Gasteiger partial charge on any atom is 0.414 e. The van der Waals surface area contributed by atoms with Gasteiger partial charge in [0.15, 0.2) is 5.78 Å². The zero-order chi connectivity index (χ0) is 15.8. The number of allylic oxidation sites excluding steroid dienone is 1. The summed E-state index contributed by atoms with van der Waals surface area (Å²) >= 11 is 0. The van der Waals surface area contributed by atoms with E-state index in [1.54, 1.807) is 0 Å².